The van der Waals surface area contributed by atoms with Crippen LogP contribution in [0.15, 0.2) is 121 Å². The highest BCUT2D eigenvalue weighted by Gasteiger charge is 2.53. The lowest BCUT2D eigenvalue weighted by atomic mass is 9.86. The zero-order chi connectivity index (χ0) is 34.1. The molecule has 1 aliphatic heterocycles. The number of hydrogen-bond donors (Lipinski definition) is 0. The number of methoxy groups -OCH3 is 1. The Kier molecular flexibility index (Phi) is 14.8. The van der Waals surface area contributed by atoms with E-state index in [1.54, 1.807) is 7.11 Å². The van der Waals surface area contributed by atoms with Crippen LogP contribution < -0.4 is 0 Å². The average molecular weight is 668 g/mol. The standard InChI is InChI=1S/C41H49NO7/c1-3-16-38(43)42-36(29-45-25-32-17-8-4-9-18-32)39(47-26-33-19-10-5-11-20-33)41(49-28-35-23-14-7-15-24-35)40(37(42)30-46-31-44-2)48-27-34-21-12-6-13-22-34/h4-15,17-24,36-37,39-41H,3,16,25-31H2,1-2H3/t36-,37+,39-,40+,41+/m1/s1. The Morgan fingerprint density at radius 1 is 0.551 bits per heavy atom. The van der Waals surface area contributed by atoms with Gasteiger partial charge >= 0.3 is 0 Å². The molecule has 0 unspecified atom stereocenters. The summed E-state index contributed by atoms with van der Waals surface area (Å²) >= 11 is 0. The quantitative estimate of drug-likeness (QED) is 0.0791. The molecular weight excluding hydrogens is 618 g/mol. The number of piperidine rings is 1. The van der Waals surface area contributed by atoms with E-state index >= 15 is 0 Å². The number of amides is 1. The monoisotopic (exact) mass is 667 g/mol. The minimum Gasteiger partial charge on any atom is -0.375 e. The van der Waals surface area contributed by atoms with Gasteiger partial charge in [-0.25, -0.2) is 0 Å². The first-order chi connectivity index (χ1) is 24.2. The van der Waals surface area contributed by atoms with Gasteiger partial charge in [0.15, 0.2) is 0 Å². The van der Waals surface area contributed by atoms with Crippen LogP contribution >= 0.6 is 0 Å². The zero-order valence-electron chi connectivity index (χ0n) is 28.6. The van der Waals surface area contributed by atoms with Crippen LogP contribution in [-0.4, -0.2) is 68.3 Å². The molecule has 1 saturated heterocycles. The molecule has 0 saturated carbocycles. The fourth-order valence-corrected chi connectivity index (χ4v) is 6.28. The summed E-state index contributed by atoms with van der Waals surface area (Å²) in [6.07, 6.45) is -0.688. The molecule has 1 fully saturated rings. The molecule has 0 N–H and O–H groups in total. The van der Waals surface area contributed by atoms with E-state index in [1.807, 2.05) is 133 Å². The number of nitrogens with zero attached hydrogens (tertiary/aromatic N) is 1. The third-order valence-electron chi connectivity index (χ3n) is 8.62. The third kappa shape index (κ3) is 10.8. The van der Waals surface area contributed by atoms with Crippen molar-refractivity contribution >= 4 is 5.91 Å². The van der Waals surface area contributed by atoms with E-state index in [4.69, 9.17) is 28.4 Å². The van der Waals surface area contributed by atoms with Crippen LogP contribution in [0.1, 0.15) is 42.0 Å². The number of ether oxygens (including phenoxy) is 6. The molecule has 8 nitrogen and oxygen atoms in total. The summed E-state index contributed by atoms with van der Waals surface area (Å²) in [7, 11) is 1.59. The van der Waals surface area contributed by atoms with Crippen molar-refractivity contribution in [2.24, 2.45) is 0 Å². The van der Waals surface area contributed by atoms with Crippen molar-refractivity contribution in [2.45, 2.75) is 76.6 Å². The molecule has 5 atom stereocenters. The van der Waals surface area contributed by atoms with Crippen molar-refractivity contribution in [3.8, 4) is 0 Å². The van der Waals surface area contributed by atoms with E-state index in [0.29, 0.717) is 39.3 Å². The van der Waals surface area contributed by atoms with Crippen LogP contribution in [0, 0.1) is 0 Å². The second kappa shape index (κ2) is 19.9. The van der Waals surface area contributed by atoms with Crippen LogP contribution in [-0.2, 0) is 59.6 Å². The first kappa shape index (κ1) is 36.4. The number of likely N-dealkylation sites (tertiary alicyclic amines) is 1. The van der Waals surface area contributed by atoms with Crippen LogP contribution in [0.25, 0.3) is 0 Å². The number of carbonyl (C=O) groups excluding carboxylic acids is 1. The molecule has 260 valence electrons. The summed E-state index contributed by atoms with van der Waals surface area (Å²) in [6.45, 7) is 3.91. The van der Waals surface area contributed by atoms with E-state index in [0.717, 1.165) is 22.3 Å². The second-order valence-electron chi connectivity index (χ2n) is 12.2. The van der Waals surface area contributed by atoms with Gasteiger partial charge < -0.3 is 33.3 Å². The Balaban J connectivity index is 1.55. The van der Waals surface area contributed by atoms with Crippen LogP contribution in [0.2, 0.25) is 0 Å². The lowest BCUT2D eigenvalue weighted by Crippen LogP contribution is -2.71. The largest absolute Gasteiger partial charge is 0.375 e. The molecule has 49 heavy (non-hydrogen) atoms. The van der Waals surface area contributed by atoms with E-state index in [1.165, 1.54) is 0 Å². The van der Waals surface area contributed by atoms with Crippen LogP contribution in [0.4, 0.5) is 0 Å². The smallest absolute Gasteiger partial charge is 0.223 e. The maximum atomic E-state index is 14.2. The lowest BCUT2D eigenvalue weighted by molar-refractivity contribution is -0.236. The summed E-state index contributed by atoms with van der Waals surface area (Å²) in [4.78, 5) is 16.1. The number of hydrogen-bond acceptors (Lipinski definition) is 7. The van der Waals surface area contributed by atoms with Gasteiger partial charge in [0.2, 0.25) is 5.91 Å². The first-order valence-corrected chi connectivity index (χ1v) is 17.1. The average Bonchev–Trinajstić information content (AvgIpc) is 3.14. The van der Waals surface area contributed by atoms with E-state index in [-0.39, 0.29) is 25.9 Å². The first-order valence-electron chi connectivity index (χ1n) is 17.1. The van der Waals surface area contributed by atoms with Crippen LogP contribution in [0.3, 0.4) is 0 Å². The fraction of sp³-hybridized carbons (Fsp3) is 0.390. The highest BCUT2D eigenvalue weighted by Crippen LogP contribution is 2.34. The fourth-order valence-electron chi connectivity index (χ4n) is 6.28. The van der Waals surface area contributed by atoms with E-state index < -0.39 is 30.4 Å². The van der Waals surface area contributed by atoms with Gasteiger partial charge in [0.05, 0.1) is 51.7 Å². The minimum absolute atomic E-state index is 0.00930. The zero-order valence-corrected chi connectivity index (χ0v) is 28.6. The Hall–Kier alpha value is -3.89. The summed E-state index contributed by atoms with van der Waals surface area (Å²) in [5.74, 6) is -0.00930. The van der Waals surface area contributed by atoms with Gasteiger partial charge in [-0.1, -0.05) is 128 Å². The highest BCUT2D eigenvalue weighted by atomic mass is 16.7. The molecule has 4 aromatic rings. The second-order valence-corrected chi connectivity index (χ2v) is 12.2. The molecule has 1 amide bonds. The molecule has 5 rings (SSSR count). The molecule has 0 aromatic heterocycles. The topological polar surface area (TPSA) is 75.7 Å². The van der Waals surface area contributed by atoms with Crippen molar-refractivity contribution in [1.82, 2.24) is 4.90 Å². The predicted octanol–water partition coefficient (Wildman–Crippen LogP) is 6.96. The Labute approximate surface area is 290 Å². The predicted molar refractivity (Wildman–Crippen MR) is 188 cm³/mol. The van der Waals surface area contributed by atoms with E-state index in [2.05, 4.69) is 0 Å². The molecule has 1 heterocycles. The van der Waals surface area contributed by atoms with E-state index in [9.17, 15) is 4.79 Å². The maximum Gasteiger partial charge on any atom is 0.223 e. The number of rotatable bonds is 19. The van der Waals surface area contributed by atoms with Crippen molar-refractivity contribution in [2.75, 3.05) is 27.1 Å². The SMILES string of the molecule is CCCC(=O)N1[C@H](COCc2ccccc2)[C@@H](OCc2ccccc2)[C@H](OCc2ccccc2)[C@@H](OCc2ccccc2)[C@@H]1COCOC. The lowest BCUT2D eigenvalue weighted by Gasteiger charge is -2.53. The summed E-state index contributed by atoms with van der Waals surface area (Å²) < 4.78 is 38.2. The third-order valence-corrected chi connectivity index (χ3v) is 8.62. The van der Waals surface area contributed by atoms with Gasteiger partial charge in [0.25, 0.3) is 0 Å². The van der Waals surface area contributed by atoms with Gasteiger partial charge in [-0.15, -0.1) is 0 Å². The Morgan fingerprint density at radius 2 is 0.939 bits per heavy atom. The molecular formula is C41H49NO7. The summed E-state index contributed by atoms with van der Waals surface area (Å²) in [5.41, 5.74) is 4.11. The maximum absolute atomic E-state index is 14.2. The number of benzene rings is 4. The number of carbonyl (C=O) groups is 1. The van der Waals surface area contributed by atoms with Gasteiger partial charge in [0, 0.05) is 13.5 Å². The Bertz CT molecular complexity index is 1480. The van der Waals surface area contributed by atoms with Crippen LogP contribution in [0.5, 0.6) is 0 Å². The van der Waals surface area contributed by atoms with Gasteiger partial charge in [-0.3, -0.25) is 4.79 Å². The highest BCUT2D eigenvalue weighted by molar-refractivity contribution is 5.77. The molecule has 0 bridgehead atoms. The van der Waals surface area contributed by atoms with Crippen molar-refractivity contribution in [3.63, 3.8) is 0 Å². The summed E-state index contributed by atoms with van der Waals surface area (Å²) in [6, 6.07) is 39.2. The molecule has 0 radical (unpaired) electrons. The molecule has 0 spiro atoms. The van der Waals surface area contributed by atoms with Crippen molar-refractivity contribution in [3.05, 3.63) is 144 Å². The molecule has 1 aliphatic rings. The molecule has 0 aliphatic carbocycles. The van der Waals surface area contributed by atoms with Gasteiger partial charge in [0.1, 0.15) is 25.1 Å². The van der Waals surface area contributed by atoms with Crippen molar-refractivity contribution in [1.29, 1.82) is 0 Å². The molecule has 4 aromatic carbocycles. The van der Waals surface area contributed by atoms with Crippen molar-refractivity contribution < 1.29 is 33.2 Å². The Morgan fingerprint density at radius 3 is 1.35 bits per heavy atom. The normalized spacial score (nSPS) is 20.7. The van der Waals surface area contributed by atoms with Gasteiger partial charge in [-0.05, 0) is 28.7 Å². The molecule has 8 heteroatoms. The summed E-state index contributed by atoms with van der Waals surface area (Å²) in [5, 5.41) is 0. The minimum atomic E-state index is -0.590. The van der Waals surface area contributed by atoms with Gasteiger partial charge in [-0.2, -0.15) is 0 Å².